The Hall–Kier alpha value is -4.88. The van der Waals surface area contributed by atoms with Crippen molar-refractivity contribution >= 4 is 21.9 Å². The predicted octanol–water partition coefficient (Wildman–Crippen LogP) is 9.62. The fourth-order valence-corrected chi connectivity index (χ4v) is 6.13. The minimum absolute atomic E-state index is 0.0505. The summed E-state index contributed by atoms with van der Waals surface area (Å²) in [6, 6.07) is 32.7. The molecule has 1 heteroatoms. The maximum atomic E-state index is 8.87. The zero-order chi connectivity index (χ0) is 31.2. The Kier molecular flexibility index (Phi) is 3.26. The van der Waals surface area contributed by atoms with Crippen molar-refractivity contribution in [3.8, 4) is 22.3 Å². The first-order valence-electron chi connectivity index (χ1n) is 16.0. The molecule has 1 aliphatic carbocycles. The Morgan fingerprint density at radius 1 is 0.500 bits per heavy atom. The highest BCUT2D eigenvalue weighted by atomic mass is 16.3. The van der Waals surface area contributed by atoms with E-state index in [1.54, 1.807) is 0 Å². The van der Waals surface area contributed by atoms with Gasteiger partial charge in [-0.15, -0.1) is 0 Å². The Labute approximate surface area is 231 Å². The molecule has 0 saturated carbocycles. The third-order valence-electron chi connectivity index (χ3n) is 7.70. The number of hydrogen-bond donors (Lipinski definition) is 0. The lowest BCUT2D eigenvalue weighted by Crippen LogP contribution is -2.28. The van der Waals surface area contributed by atoms with Crippen LogP contribution in [0.15, 0.2) is 150 Å². The van der Waals surface area contributed by atoms with E-state index in [1.165, 1.54) is 22.3 Å². The molecule has 0 N–H and O–H groups in total. The predicted molar refractivity (Wildman–Crippen MR) is 156 cm³/mol. The Balaban J connectivity index is 1.41. The van der Waals surface area contributed by atoms with Crippen LogP contribution >= 0.6 is 0 Å². The van der Waals surface area contributed by atoms with Gasteiger partial charge < -0.3 is 4.42 Å². The van der Waals surface area contributed by atoms with Crippen LogP contribution in [-0.4, -0.2) is 0 Å². The van der Waals surface area contributed by atoms with Crippen LogP contribution in [0.3, 0.4) is 0 Å². The van der Waals surface area contributed by atoms with Gasteiger partial charge in [0.2, 0.25) is 0 Å². The SMILES string of the molecule is [2H]c1c([2H])c([2H])c2c(oc3c(-c4ccc(C5(c6ccccc6)c6ccccc6-c6ccccc65)cc4)c([2H])c([2H])c([2H])c32)c1[2H]. The summed E-state index contributed by atoms with van der Waals surface area (Å²) in [5.74, 6) is 0. The molecule has 1 aliphatic rings. The van der Waals surface area contributed by atoms with Crippen LogP contribution in [0, 0.1) is 0 Å². The third-order valence-corrected chi connectivity index (χ3v) is 7.70. The lowest BCUT2D eigenvalue weighted by Gasteiger charge is -2.34. The number of furan rings is 1. The van der Waals surface area contributed by atoms with Crippen LogP contribution in [0.5, 0.6) is 0 Å². The standard InChI is InChI=1S/C37H24O/c1-2-11-26(12-3-1)37(33-18-7-4-13-29(33)30-14-5-8-19-34(30)37)27-23-21-25(22-24-27)28-16-10-17-32-31-15-6-9-20-35(31)38-36(28)32/h1-24H/i6D,9D,10D,15D,16D,17D,20D. The van der Waals surface area contributed by atoms with Gasteiger partial charge >= 0.3 is 0 Å². The second kappa shape index (κ2) is 8.06. The van der Waals surface area contributed by atoms with Crippen LogP contribution in [0.1, 0.15) is 31.8 Å². The zero-order valence-corrected chi connectivity index (χ0v) is 20.2. The average molecular weight is 492 g/mol. The van der Waals surface area contributed by atoms with Crippen LogP contribution in [-0.2, 0) is 5.41 Å². The molecular formula is C37H24O. The molecule has 0 atom stereocenters. The van der Waals surface area contributed by atoms with Gasteiger partial charge in [0.15, 0.2) is 0 Å². The van der Waals surface area contributed by atoms with E-state index in [9.17, 15) is 0 Å². The molecule has 178 valence electrons. The van der Waals surface area contributed by atoms with E-state index in [2.05, 4.69) is 60.7 Å². The summed E-state index contributed by atoms with van der Waals surface area (Å²) in [5, 5.41) is 0.158. The van der Waals surface area contributed by atoms with E-state index in [0.29, 0.717) is 5.56 Å². The van der Waals surface area contributed by atoms with E-state index in [4.69, 9.17) is 14.0 Å². The molecule has 38 heavy (non-hydrogen) atoms. The topological polar surface area (TPSA) is 13.1 Å². The van der Waals surface area contributed by atoms with E-state index in [1.807, 2.05) is 42.5 Å². The highest BCUT2D eigenvalue weighted by molar-refractivity contribution is 6.09. The molecule has 0 saturated heterocycles. The molecule has 0 bridgehead atoms. The van der Waals surface area contributed by atoms with Crippen molar-refractivity contribution in [2.45, 2.75) is 5.41 Å². The first-order valence-corrected chi connectivity index (χ1v) is 12.5. The monoisotopic (exact) mass is 491 g/mol. The highest BCUT2D eigenvalue weighted by Gasteiger charge is 2.45. The Morgan fingerprint density at radius 3 is 1.84 bits per heavy atom. The van der Waals surface area contributed by atoms with E-state index in [-0.39, 0.29) is 57.7 Å². The molecule has 7 aromatic rings. The molecule has 0 radical (unpaired) electrons. The van der Waals surface area contributed by atoms with Gasteiger partial charge in [-0.05, 0) is 45.0 Å². The summed E-state index contributed by atoms with van der Waals surface area (Å²) >= 11 is 0. The third kappa shape index (κ3) is 2.82. The van der Waals surface area contributed by atoms with Crippen molar-refractivity contribution in [3.05, 3.63) is 168 Å². The molecule has 8 rings (SSSR count). The molecule has 6 aromatic carbocycles. The van der Waals surface area contributed by atoms with Gasteiger partial charge in [0.1, 0.15) is 11.2 Å². The summed E-state index contributed by atoms with van der Waals surface area (Å²) in [4.78, 5) is 0. The minimum atomic E-state index is -0.605. The number of benzene rings is 6. The number of para-hydroxylation sites is 2. The smallest absolute Gasteiger partial charge is 0.143 e. The second-order valence-electron chi connectivity index (χ2n) is 9.54. The van der Waals surface area contributed by atoms with Gasteiger partial charge in [-0.1, -0.05) is 139 Å². The van der Waals surface area contributed by atoms with E-state index < -0.39 is 17.5 Å². The number of fused-ring (bicyclic) bond motifs is 6. The summed E-state index contributed by atoms with van der Waals surface area (Å²) < 4.78 is 65.5. The van der Waals surface area contributed by atoms with Gasteiger partial charge in [0.25, 0.3) is 0 Å². The van der Waals surface area contributed by atoms with Gasteiger partial charge in [-0.3, -0.25) is 0 Å². The first-order chi connectivity index (χ1) is 21.8. The quantitative estimate of drug-likeness (QED) is 0.240. The van der Waals surface area contributed by atoms with E-state index in [0.717, 1.165) is 11.1 Å². The van der Waals surface area contributed by atoms with Gasteiger partial charge in [0.05, 0.1) is 15.0 Å². The summed E-state index contributed by atoms with van der Waals surface area (Å²) in [6.45, 7) is 0. The van der Waals surface area contributed by atoms with Gasteiger partial charge in [0, 0.05) is 16.3 Å². The maximum absolute atomic E-state index is 8.87. The lowest BCUT2D eigenvalue weighted by atomic mass is 9.67. The molecule has 1 nitrogen and oxygen atoms in total. The van der Waals surface area contributed by atoms with E-state index >= 15 is 0 Å². The minimum Gasteiger partial charge on any atom is -0.455 e. The number of rotatable bonds is 3. The summed E-state index contributed by atoms with van der Waals surface area (Å²) in [5.41, 5.74) is 7.07. The molecule has 0 amide bonds. The van der Waals surface area contributed by atoms with Crippen LogP contribution < -0.4 is 0 Å². The molecular weight excluding hydrogens is 460 g/mol. The fourth-order valence-electron chi connectivity index (χ4n) is 6.13. The molecule has 0 unspecified atom stereocenters. The molecule has 0 fully saturated rings. The van der Waals surface area contributed by atoms with Crippen LogP contribution in [0.25, 0.3) is 44.2 Å². The fraction of sp³-hybridized carbons (Fsp3) is 0.0270. The maximum Gasteiger partial charge on any atom is 0.143 e. The first kappa shape index (κ1) is 15.4. The Bertz CT molecular complexity index is 2300. The van der Waals surface area contributed by atoms with Crippen molar-refractivity contribution in [1.82, 2.24) is 0 Å². The summed E-state index contributed by atoms with van der Waals surface area (Å²) in [7, 11) is 0. The largest absolute Gasteiger partial charge is 0.455 e. The van der Waals surface area contributed by atoms with Crippen molar-refractivity contribution in [3.63, 3.8) is 0 Å². The van der Waals surface area contributed by atoms with Gasteiger partial charge in [-0.2, -0.15) is 0 Å². The highest BCUT2D eigenvalue weighted by Crippen LogP contribution is 2.56. The van der Waals surface area contributed by atoms with Crippen molar-refractivity contribution < 1.29 is 14.0 Å². The zero-order valence-electron chi connectivity index (χ0n) is 27.2. The van der Waals surface area contributed by atoms with Crippen molar-refractivity contribution in [2.75, 3.05) is 0 Å². The molecule has 0 aliphatic heterocycles. The van der Waals surface area contributed by atoms with Crippen LogP contribution in [0.4, 0.5) is 0 Å². The lowest BCUT2D eigenvalue weighted by molar-refractivity contribution is 0.670. The molecule has 1 heterocycles. The van der Waals surface area contributed by atoms with Crippen molar-refractivity contribution in [2.24, 2.45) is 0 Å². The molecule has 0 spiro atoms. The number of hydrogen-bond acceptors (Lipinski definition) is 1. The molecule has 1 aromatic heterocycles. The van der Waals surface area contributed by atoms with Crippen molar-refractivity contribution in [1.29, 1.82) is 0 Å². The van der Waals surface area contributed by atoms with Crippen LogP contribution in [0.2, 0.25) is 0 Å². The van der Waals surface area contributed by atoms with Gasteiger partial charge in [-0.25, -0.2) is 0 Å². The normalized spacial score (nSPS) is 16.1. The summed E-state index contributed by atoms with van der Waals surface area (Å²) in [6.07, 6.45) is 0. The Morgan fingerprint density at radius 2 is 1.11 bits per heavy atom. The average Bonchev–Trinajstić information content (AvgIpc) is 3.62. The second-order valence-corrected chi connectivity index (χ2v) is 9.54.